The molecule has 0 fully saturated rings. The molecule has 9 heteroatoms. The molecule has 0 aliphatic rings. The number of nitro groups is 1. The summed E-state index contributed by atoms with van der Waals surface area (Å²) in [4.78, 5) is 12.5. The van der Waals surface area contributed by atoms with Crippen LogP contribution in [0.3, 0.4) is 0 Å². The third-order valence-electron chi connectivity index (χ3n) is 3.91. The molecule has 0 heterocycles. The molecule has 27 heavy (non-hydrogen) atoms. The Morgan fingerprint density at radius 1 is 1.07 bits per heavy atom. The number of benzene rings is 2. The largest absolute Gasteiger partial charge is 0.390 e. The number of anilines is 1. The van der Waals surface area contributed by atoms with E-state index in [0.29, 0.717) is 0 Å². The first-order valence-electron chi connectivity index (χ1n) is 8.28. The zero-order chi connectivity index (χ0) is 20.2. The molecule has 0 saturated heterocycles. The van der Waals surface area contributed by atoms with Gasteiger partial charge in [-0.1, -0.05) is 29.8 Å². The Bertz CT molecular complexity index is 897. The number of hydrogen-bond acceptors (Lipinski definition) is 6. The minimum atomic E-state index is -4.11. The standard InChI is InChI=1S/C18H23N3O5S/c1-14-8-10-16(11-9-14)27(25,26)20(13-15(22)12-19(2)3)17-6-4-5-7-18(17)21(23)24/h4-11,15,22H,12-13H2,1-3H3. The molecule has 2 rings (SSSR count). The quantitative estimate of drug-likeness (QED) is 0.544. The third-order valence-corrected chi connectivity index (χ3v) is 5.70. The number of aliphatic hydroxyl groups excluding tert-OH is 1. The predicted octanol–water partition coefficient (Wildman–Crippen LogP) is 2.02. The normalized spacial score (nSPS) is 12.8. The zero-order valence-corrected chi connectivity index (χ0v) is 16.3. The van der Waals surface area contributed by atoms with Crippen LogP contribution >= 0.6 is 0 Å². The van der Waals surface area contributed by atoms with Gasteiger partial charge in [0, 0.05) is 12.6 Å². The van der Waals surface area contributed by atoms with Crippen molar-refractivity contribution in [3.8, 4) is 0 Å². The number of nitrogens with zero attached hydrogens (tertiary/aromatic N) is 3. The second-order valence-electron chi connectivity index (χ2n) is 6.51. The van der Waals surface area contributed by atoms with Crippen molar-refractivity contribution in [3.05, 3.63) is 64.2 Å². The van der Waals surface area contributed by atoms with E-state index in [0.717, 1.165) is 9.87 Å². The van der Waals surface area contributed by atoms with Crippen LogP contribution in [0.5, 0.6) is 0 Å². The molecule has 8 nitrogen and oxygen atoms in total. The number of aliphatic hydroxyl groups is 1. The number of para-hydroxylation sites is 2. The molecule has 146 valence electrons. The molecule has 2 aromatic rings. The number of rotatable bonds is 8. The Balaban J connectivity index is 2.56. The summed E-state index contributed by atoms with van der Waals surface area (Å²) in [5, 5.41) is 21.7. The van der Waals surface area contributed by atoms with Gasteiger partial charge in [-0.25, -0.2) is 8.42 Å². The van der Waals surface area contributed by atoms with Gasteiger partial charge in [0.05, 0.1) is 22.5 Å². The average Bonchev–Trinajstić information content (AvgIpc) is 2.59. The van der Waals surface area contributed by atoms with Gasteiger partial charge < -0.3 is 10.0 Å². The molecular weight excluding hydrogens is 370 g/mol. The van der Waals surface area contributed by atoms with E-state index in [9.17, 15) is 23.6 Å². The predicted molar refractivity (Wildman–Crippen MR) is 103 cm³/mol. The second-order valence-corrected chi connectivity index (χ2v) is 8.37. The maximum absolute atomic E-state index is 13.2. The first-order valence-corrected chi connectivity index (χ1v) is 9.72. The van der Waals surface area contributed by atoms with Crippen molar-refractivity contribution in [2.24, 2.45) is 0 Å². The van der Waals surface area contributed by atoms with Gasteiger partial charge in [-0.05, 0) is 39.2 Å². The van der Waals surface area contributed by atoms with E-state index in [4.69, 9.17) is 0 Å². The molecule has 0 saturated carbocycles. The van der Waals surface area contributed by atoms with Crippen molar-refractivity contribution in [3.63, 3.8) is 0 Å². The molecule has 1 atom stereocenters. The van der Waals surface area contributed by atoms with Crippen molar-refractivity contribution in [2.45, 2.75) is 17.9 Å². The summed E-state index contributed by atoms with van der Waals surface area (Å²) in [5.41, 5.74) is 0.463. The Labute approximate surface area is 158 Å². The Morgan fingerprint density at radius 3 is 2.22 bits per heavy atom. The number of hydrogen-bond donors (Lipinski definition) is 1. The van der Waals surface area contributed by atoms with E-state index < -0.39 is 21.1 Å². The summed E-state index contributed by atoms with van der Waals surface area (Å²) in [7, 11) is -0.621. The minimum absolute atomic E-state index is 0.00306. The number of likely N-dealkylation sites (N-methyl/N-ethyl adjacent to an activating group) is 1. The Kier molecular flexibility index (Phi) is 6.53. The molecule has 0 aromatic heterocycles. The fraction of sp³-hybridized carbons (Fsp3) is 0.333. The summed E-state index contributed by atoms with van der Waals surface area (Å²) in [6.45, 7) is 1.73. The summed E-state index contributed by atoms with van der Waals surface area (Å²) in [5.74, 6) is 0. The average molecular weight is 393 g/mol. The highest BCUT2D eigenvalue weighted by Crippen LogP contribution is 2.32. The van der Waals surface area contributed by atoms with Crippen LogP contribution in [0.4, 0.5) is 11.4 Å². The monoisotopic (exact) mass is 393 g/mol. The third kappa shape index (κ3) is 5.03. The second kappa shape index (κ2) is 8.47. The smallest absolute Gasteiger partial charge is 0.293 e. The fourth-order valence-electron chi connectivity index (χ4n) is 2.66. The van der Waals surface area contributed by atoms with Gasteiger partial charge in [0.25, 0.3) is 15.7 Å². The van der Waals surface area contributed by atoms with Gasteiger partial charge in [0.1, 0.15) is 5.69 Å². The molecule has 1 unspecified atom stereocenters. The lowest BCUT2D eigenvalue weighted by Crippen LogP contribution is -2.41. The molecule has 0 amide bonds. The van der Waals surface area contributed by atoms with Gasteiger partial charge in [0.2, 0.25) is 0 Å². The summed E-state index contributed by atoms with van der Waals surface area (Å²) in [6, 6.07) is 11.8. The van der Waals surface area contributed by atoms with Crippen LogP contribution < -0.4 is 4.31 Å². The molecule has 0 radical (unpaired) electrons. The first kappa shape index (κ1) is 20.8. The Hall–Kier alpha value is -2.49. The molecular formula is C18H23N3O5S. The van der Waals surface area contributed by atoms with E-state index in [-0.39, 0.29) is 29.4 Å². The fourth-order valence-corrected chi connectivity index (χ4v) is 4.18. The van der Waals surface area contributed by atoms with E-state index >= 15 is 0 Å². The zero-order valence-electron chi connectivity index (χ0n) is 15.4. The lowest BCUT2D eigenvalue weighted by atomic mass is 10.2. The first-order chi connectivity index (χ1) is 12.6. The molecule has 0 aliphatic carbocycles. The van der Waals surface area contributed by atoms with Crippen LogP contribution in [-0.4, -0.2) is 56.6 Å². The molecule has 2 aromatic carbocycles. The van der Waals surface area contributed by atoms with Gasteiger partial charge in [-0.3, -0.25) is 14.4 Å². The van der Waals surface area contributed by atoms with Crippen molar-refractivity contribution >= 4 is 21.4 Å². The van der Waals surface area contributed by atoms with E-state index in [1.54, 1.807) is 31.1 Å². The summed E-state index contributed by atoms with van der Waals surface area (Å²) < 4.78 is 27.3. The molecule has 0 bridgehead atoms. The van der Waals surface area contributed by atoms with Gasteiger partial charge >= 0.3 is 0 Å². The lowest BCUT2D eigenvalue weighted by Gasteiger charge is -2.27. The lowest BCUT2D eigenvalue weighted by molar-refractivity contribution is -0.384. The van der Waals surface area contributed by atoms with Crippen LogP contribution in [0.25, 0.3) is 0 Å². The molecule has 0 aliphatic heterocycles. The van der Waals surface area contributed by atoms with Crippen LogP contribution in [0.2, 0.25) is 0 Å². The topological polar surface area (TPSA) is 104 Å². The van der Waals surface area contributed by atoms with Crippen LogP contribution in [-0.2, 0) is 10.0 Å². The maximum atomic E-state index is 13.2. The highest BCUT2D eigenvalue weighted by molar-refractivity contribution is 7.92. The van der Waals surface area contributed by atoms with E-state index in [1.807, 2.05) is 6.92 Å². The Morgan fingerprint density at radius 2 is 1.67 bits per heavy atom. The van der Waals surface area contributed by atoms with Crippen molar-refractivity contribution in [2.75, 3.05) is 31.5 Å². The van der Waals surface area contributed by atoms with E-state index in [1.165, 1.54) is 36.4 Å². The van der Waals surface area contributed by atoms with Gasteiger partial charge in [-0.2, -0.15) is 0 Å². The number of aryl methyl sites for hydroxylation is 1. The van der Waals surface area contributed by atoms with Crippen molar-refractivity contribution in [1.29, 1.82) is 0 Å². The SMILES string of the molecule is Cc1ccc(S(=O)(=O)N(CC(O)CN(C)C)c2ccccc2[N+](=O)[O-])cc1. The van der Waals surface area contributed by atoms with Crippen LogP contribution in [0.15, 0.2) is 53.4 Å². The molecule has 1 N–H and O–H groups in total. The van der Waals surface area contributed by atoms with Gasteiger partial charge in [-0.15, -0.1) is 0 Å². The minimum Gasteiger partial charge on any atom is -0.390 e. The van der Waals surface area contributed by atoms with Crippen LogP contribution in [0, 0.1) is 17.0 Å². The van der Waals surface area contributed by atoms with Crippen LogP contribution in [0.1, 0.15) is 5.56 Å². The summed E-state index contributed by atoms with van der Waals surface area (Å²) >= 11 is 0. The van der Waals surface area contributed by atoms with E-state index in [2.05, 4.69) is 0 Å². The highest BCUT2D eigenvalue weighted by Gasteiger charge is 2.31. The number of sulfonamides is 1. The highest BCUT2D eigenvalue weighted by atomic mass is 32.2. The van der Waals surface area contributed by atoms with Crippen molar-refractivity contribution < 1.29 is 18.4 Å². The summed E-state index contributed by atoms with van der Waals surface area (Å²) in [6.07, 6.45) is -1.03. The maximum Gasteiger partial charge on any atom is 0.293 e. The number of nitro benzene ring substituents is 1. The van der Waals surface area contributed by atoms with Crippen molar-refractivity contribution in [1.82, 2.24) is 4.90 Å². The molecule has 0 spiro atoms. The van der Waals surface area contributed by atoms with Gasteiger partial charge in [0.15, 0.2) is 0 Å².